The van der Waals surface area contributed by atoms with E-state index in [1.54, 1.807) is 0 Å². The van der Waals surface area contributed by atoms with Gasteiger partial charge in [0.1, 0.15) is 0 Å². The molecule has 2 saturated carbocycles. The van der Waals surface area contributed by atoms with Crippen molar-refractivity contribution in [2.24, 2.45) is 18.4 Å². The Morgan fingerprint density at radius 3 is 2.75 bits per heavy atom. The number of nitrogens with zero attached hydrogens (tertiary/aromatic N) is 2. The molecule has 0 radical (unpaired) electrons. The average Bonchev–Trinajstić information content (AvgIpc) is 3.10. The quantitative estimate of drug-likeness (QED) is 0.821. The van der Waals surface area contributed by atoms with E-state index in [0.29, 0.717) is 5.41 Å². The Morgan fingerprint density at radius 1 is 1.50 bits per heavy atom. The first kappa shape index (κ1) is 10.3. The van der Waals surface area contributed by atoms with Crippen molar-refractivity contribution in [3.05, 3.63) is 17.5 Å². The highest BCUT2D eigenvalue weighted by molar-refractivity contribution is 5.09. The highest BCUT2D eigenvalue weighted by atomic mass is 15.3. The Labute approximate surface area is 97.2 Å². The third kappa shape index (κ3) is 1.88. The van der Waals surface area contributed by atoms with E-state index >= 15 is 0 Å². The summed E-state index contributed by atoms with van der Waals surface area (Å²) in [5.41, 5.74) is 3.11. The molecule has 1 aromatic rings. The van der Waals surface area contributed by atoms with E-state index in [1.807, 2.05) is 11.7 Å². The largest absolute Gasteiger partial charge is 0.311 e. The van der Waals surface area contributed by atoms with Crippen molar-refractivity contribution in [2.75, 3.05) is 6.54 Å². The Morgan fingerprint density at radius 2 is 2.25 bits per heavy atom. The van der Waals surface area contributed by atoms with Gasteiger partial charge in [0.05, 0.1) is 11.4 Å². The van der Waals surface area contributed by atoms with E-state index in [9.17, 15) is 0 Å². The van der Waals surface area contributed by atoms with Gasteiger partial charge in [-0.3, -0.25) is 4.68 Å². The molecule has 0 unspecified atom stereocenters. The predicted octanol–water partition coefficient (Wildman–Crippen LogP) is 2.01. The molecule has 3 rings (SSSR count). The average molecular weight is 219 g/mol. The van der Waals surface area contributed by atoms with E-state index in [4.69, 9.17) is 0 Å². The number of hydrogen-bond acceptors (Lipinski definition) is 2. The van der Waals surface area contributed by atoms with E-state index in [0.717, 1.165) is 18.2 Å². The minimum atomic E-state index is 0.702. The van der Waals surface area contributed by atoms with Crippen LogP contribution >= 0.6 is 0 Å². The zero-order valence-electron chi connectivity index (χ0n) is 10.3. The molecule has 3 nitrogen and oxygen atoms in total. The van der Waals surface area contributed by atoms with Crippen LogP contribution in [-0.4, -0.2) is 16.3 Å². The lowest BCUT2D eigenvalue weighted by Gasteiger charge is -2.14. The molecule has 1 heterocycles. The van der Waals surface area contributed by atoms with Gasteiger partial charge >= 0.3 is 0 Å². The maximum atomic E-state index is 4.37. The van der Waals surface area contributed by atoms with Gasteiger partial charge in [-0.15, -0.1) is 0 Å². The van der Waals surface area contributed by atoms with Crippen LogP contribution in [0.5, 0.6) is 0 Å². The molecular weight excluding hydrogens is 198 g/mol. The van der Waals surface area contributed by atoms with Gasteiger partial charge in [-0.2, -0.15) is 5.10 Å². The molecule has 3 heteroatoms. The minimum Gasteiger partial charge on any atom is -0.311 e. The third-order valence-corrected chi connectivity index (χ3v) is 4.22. The summed E-state index contributed by atoms with van der Waals surface area (Å²) in [4.78, 5) is 0. The van der Waals surface area contributed by atoms with Gasteiger partial charge in [-0.05, 0) is 50.0 Å². The second-order valence-electron chi connectivity index (χ2n) is 5.64. The Hall–Kier alpha value is -0.830. The first-order valence-corrected chi connectivity index (χ1v) is 6.40. The summed E-state index contributed by atoms with van der Waals surface area (Å²) in [5, 5.41) is 7.99. The predicted molar refractivity (Wildman–Crippen MR) is 64.0 cm³/mol. The molecule has 1 N–H and O–H groups in total. The third-order valence-electron chi connectivity index (χ3n) is 4.22. The number of nitrogens with one attached hydrogen (secondary N) is 1. The normalized spacial score (nSPS) is 22.4. The summed E-state index contributed by atoms with van der Waals surface area (Å²) < 4.78 is 1.99. The van der Waals surface area contributed by atoms with Crippen LogP contribution < -0.4 is 5.32 Å². The van der Waals surface area contributed by atoms with Crippen molar-refractivity contribution in [1.29, 1.82) is 0 Å². The fraction of sp³-hybridized carbons (Fsp3) is 0.769. The zero-order valence-corrected chi connectivity index (χ0v) is 10.3. The molecule has 0 aliphatic heterocycles. The molecule has 0 atom stereocenters. The van der Waals surface area contributed by atoms with Crippen LogP contribution in [0.3, 0.4) is 0 Å². The van der Waals surface area contributed by atoms with Crippen molar-refractivity contribution < 1.29 is 0 Å². The SMILES string of the molecule is Cc1cc(CNCC2(C3CC3)CC2)n(C)n1. The van der Waals surface area contributed by atoms with Gasteiger partial charge in [-0.1, -0.05) is 0 Å². The molecule has 0 aromatic carbocycles. The highest BCUT2D eigenvalue weighted by Crippen LogP contribution is 2.60. The fourth-order valence-corrected chi connectivity index (χ4v) is 2.85. The van der Waals surface area contributed by atoms with Crippen molar-refractivity contribution in [2.45, 2.75) is 39.2 Å². The van der Waals surface area contributed by atoms with Crippen LogP contribution in [0.15, 0.2) is 6.07 Å². The van der Waals surface area contributed by atoms with E-state index in [1.165, 1.54) is 37.9 Å². The fourth-order valence-electron chi connectivity index (χ4n) is 2.85. The molecule has 0 saturated heterocycles. The summed E-state index contributed by atoms with van der Waals surface area (Å²) in [6.45, 7) is 4.23. The van der Waals surface area contributed by atoms with Crippen LogP contribution in [0.1, 0.15) is 37.1 Å². The van der Waals surface area contributed by atoms with Crippen LogP contribution in [-0.2, 0) is 13.6 Å². The maximum absolute atomic E-state index is 4.37. The molecule has 16 heavy (non-hydrogen) atoms. The molecule has 88 valence electrons. The van der Waals surface area contributed by atoms with Gasteiger partial charge in [0.25, 0.3) is 0 Å². The smallest absolute Gasteiger partial charge is 0.0597 e. The molecule has 2 aliphatic carbocycles. The van der Waals surface area contributed by atoms with E-state index in [2.05, 4.69) is 23.4 Å². The van der Waals surface area contributed by atoms with Crippen LogP contribution in [0.2, 0.25) is 0 Å². The van der Waals surface area contributed by atoms with E-state index in [-0.39, 0.29) is 0 Å². The molecular formula is C13H21N3. The highest BCUT2D eigenvalue weighted by Gasteiger charge is 2.53. The lowest BCUT2D eigenvalue weighted by molar-refractivity contribution is 0.400. The summed E-state index contributed by atoms with van der Waals surface area (Å²) in [5.74, 6) is 1.05. The first-order valence-electron chi connectivity index (χ1n) is 6.40. The summed E-state index contributed by atoms with van der Waals surface area (Å²) in [7, 11) is 2.03. The number of hydrogen-bond donors (Lipinski definition) is 1. The molecule has 0 amide bonds. The first-order chi connectivity index (χ1) is 7.70. The van der Waals surface area contributed by atoms with Gasteiger partial charge in [-0.25, -0.2) is 0 Å². The monoisotopic (exact) mass is 219 g/mol. The van der Waals surface area contributed by atoms with Crippen molar-refractivity contribution >= 4 is 0 Å². The maximum Gasteiger partial charge on any atom is 0.0597 e. The summed E-state index contributed by atoms with van der Waals surface area (Å²) >= 11 is 0. The lowest BCUT2D eigenvalue weighted by Crippen LogP contribution is -2.25. The van der Waals surface area contributed by atoms with Crippen molar-refractivity contribution in [1.82, 2.24) is 15.1 Å². The Kier molecular flexibility index (Phi) is 2.32. The number of rotatable bonds is 5. The Balaban J connectivity index is 1.51. The topological polar surface area (TPSA) is 29.9 Å². The molecule has 0 bridgehead atoms. The van der Waals surface area contributed by atoms with Gasteiger partial charge in [0.15, 0.2) is 0 Å². The number of aromatic nitrogens is 2. The van der Waals surface area contributed by atoms with Crippen molar-refractivity contribution in [3.8, 4) is 0 Å². The second-order valence-corrected chi connectivity index (χ2v) is 5.64. The lowest BCUT2D eigenvalue weighted by atomic mass is 10.0. The van der Waals surface area contributed by atoms with Gasteiger partial charge in [0.2, 0.25) is 0 Å². The van der Waals surface area contributed by atoms with E-state index < -0.39 is 0 Å². The second kappa shape index (κ2) is 3.59. The number of aryl methyl sites for hydroxylation is 2. The minimum absolute atomic E-state index is 0.702. The Bertz CT molecular complexity index is 386. The van der Waals surface area contributed by atoms with Gasteiger partial charge in [0, 0.05) is 20.1 Å². The van der Waals surface area contributed by atoms with Crippen molar-refractivity contribution in [3.63, 3.8) is 0 Å². The molecule has 1 aromatic heterocycles. The molecule has 0 spiro atoms. The standard InChI is InChI=1S/C13H21N3/c1-10-7-12(16(2)15-10)8-14-9-13(5-6-13)11-3-4-11/h7,11,14H,3-6,8-9H2,1-2H3. The summed E-state index contributed by atoms with van der Waals surface area (Å²) in [6.07, 6.45) is 5.86. The van der Waals surface area contributed by atoms with Crippen LogP contribution in [0.4, 0.5) is 0 Å². The van der Waals surface area contributed by atoms with Crippen LogP contribution in [0, 0.1) is 18.3 Å². The molecule has 2 aliphatic rings. The molecule has 2 fully saturated rings. The zero-order chi connectivity index (χ0) is 11.2. The van der Waals surface area contributed by atoms with Gasteiger partial charge < -0.3 is 5.32 Å². The van der Waals surface area contributed by atoms with Crippen LogP contribution in [0.25, 0.3) is 0 Å². The summed E-state index contributed by atoms with van der Waals surface area (Å²) in [6, 6.07) is 2.17.